The molecule has 3 heterocycles. The molecule has 0 radical (unpaired) electrons. The van der Waals surface area contributed by atoms with Crippen LogP contribution in [0, 0.1) is 5.92 Å². The van der Waals surface area contributed by atoms with E-state index < -0.39 is 0 Å². The summed E-state index contributed by atoms with van der Waals surface area (Å²) in [4.78, 5) is 22.8. The number of fused-ring (bicyclic) bond motifs is 4. The molecule has 2 N–H and O–H groups in total. The van der Waals surface area contributed by atoms with Gasteiger partial charge in [-0.3, -0.25) is 4.79 Å². The van der Waals surface area contributed by atoms with Crippen molar-refractivity contribution in [2.45, 2.75) is 45.7 Å². The predicted molar refractivity (Wildman–Crippen MR) is 109 cm³/mol. The Balaban J connectivity index is 1.37. The van der Waals surface area contributed by atoms with Crippen LogP contribution in [0.15, 0.2) is 23.0 Å². The number of rotatable bonds is 4. The summed E-state index contributed by atoms with van der Waals surface area (Å²) < 4.78 is 10.8. The van der Waals surface area contributed by atoms with Crippen molar-refractivity contribution < 1.29 is 9.47 Å². The van der Waals surface area contributed by atoms with Crippen molar-refractivity contribution in [1.29, 1.82) is 0 Å². The Bertz CT molecular complexity index is 1100. The number of aryl methyl sites for hydroxylation is 1. The van der Waals surface area contributed by atoms with Crippen molar-refractivity contribution >= 4 is 21.6 Å². The number of aromatic nitrogens is 2. The van der Waals surface area contributed by atoms with Crippen LogP contribution in [0.1, 0.15) is 48.1 Å². The number of hydrogen-bond donors (Lipinski definition) is 2. The van der Waals surface area contributed by atoms with Gasteiger partial charge in [0.1, 0.15) is 10.7 Å². The molecule has 2 atom stereocenters. The van der Waals surface area contributed by atoms with Gasteiger partial charge in [-0.15, -0.1) is 11.3 Å². The van der Waals surface area contributed by atoms with Crippen LogP contribution in [0.2, 0.25) is 0 Å². The van der Waals surface area contributed by atoms with Crippen LogP contribution in [-0.2, 0) is 19.4 Å². The molecule has 0 saturated heterocycles. The number of thiophene rings is 1. The Morgan fingerprint density at radius 2 is 2.21 bits per heavy atom. The predicted octanol–water partition coefficient (Wildman–Crippen LogP) is 3.69. The maximum absolute atomic E-state index is 12.8. The maximum Gasteiger partial charge on any atom is 0.259 e. The van der Waals surface area contributed by atoms with Crippen LogP contribution in [0.3, 0.4) is 0 Å². The van der Waals surface area contributed by atoms with Crippen molar-refractivity contribution in [1.82, 2.24) is 15.3 Å². The van der Waals surface area contributed by atoms with Gasteiger partial charge in [-0.05, 0) is 55.4 Å². The molecule has 2 aromatic heterocycles. The van der Waals surface area contributed by atoms with Crippen LogP contribution >= 0.6 is 11.3 Å². The molecule has 0 fully saturated rings. The second kappa shape index (κ2) is 6.90. The first-order chi connectivity index (χ1) is 13.6. The summed E-state index contributed by atoms with van der Waals surface area (Å²) in [6, 6.07) is 5.85. The fourth-order valence-corrected chi connectivity index (χ4v) is 5.38. The minimum absolute atomic E-state index is 0.0104. The van der Waals surface area contributed by atoms with Gasteiger partial charge in [-0.25, -0.2) is 4.98 Å². The Kier molecular flexibility index (Phi) is 4.36. The van der Waals surface area contributed by atoms with Gasteiger partial charge in [-0.2, -0.15) is 0 Å². The third-order valence-electron chi connectivity index (χ3n) is 5.64. The monoisotopic (exact) mass is 397 g/mol. The second-order valence-electron chi connectivity index (χ2n) is 7.77. The largest absolute Gasteiger partial charge is 0.454 e. The van der Waals surface area contributed by atoms with Gasteiger partial charge in [0.05, 0.1) is 11.4 Å². The zero-order valence-corrected chi connectivity index (χ0v) is 16.8. The molecule has 6 nitrogen and oxygen atoms in total. The first kappa shape index (κ1) is 17.7. The van der Waals surface area contributed by atoms with Crippen molar-refractivity contribution in [2.75, 3.05) is 6.79 Å². The maximum atomic E-state index is 12.8. The third kappa shape index (κ3) is 3.08. The van der Waals surface area contributed by atoms with Gasteiger partial charge in [-0.1, -0.05) is 13.0 Å². The lowest BCUT2D eigenvalue weighted by Gasteiger charge is -2.17. The molecular weight excluding hydrogens is 374 g/mol. The molecule has 1 aromatic carbocycles. The molecule has 0 spiro atoms. The SMILES string of the molecule is C[C@@H]1CCc2c(sc3nc([C@@H](C)NCc4ccc5c(c4)OCO5)[nH]c(=O)c23)C1. The smallest absolute Gasteiger partial charge is 0.259 e. The molecule has 28 heavy (non-hydrogen) atoms. The molecule has 1 aliphatic heterocycles. The Morgan fingerprint density at radius 3 is 3.11 bits per heavy atom. The third-order valence-corrected chi connectivity index (χ3v) is 6.79. The van der Waals surface area contributed by atoms with E-state index in [0.717, 1.165) is 46.5 Å². The van der Waals surface area contributed by atoms with Gasteiger partial charge in [0, 0.05) is 11.4 Å². The average Bonchev–Trinajstić information content (AvgIpc) is 3.29. The van der Waals surface area contributed by atoms with Crippen molar-refractivity contribution in [3.05, 3.63) is 50.4 Å². The minimum Gasteiger partial charge on any atom is -0.454 e. The van der Waals surface area contributed by atoms with Crippen LogP contribution in [0.25, 0.3) is 10.2 Å². The lowest BCUT2D eigenvalue weighted by molar-refractivity contribution is 0.174. The van der Waals surface area contributed by atoms with Crippen LogP contribution in [-0.4, -0.2) is 16.8 Å². The van der Waals surface area contributed by atoms with Gasteiger partial charge in [0.15, 0.2) is 11.5 Å². The summed E-state index contributed by atoms with van der Waals surface area (Å²) in [5.74, 6) is 2.92. The molecule has 5 rings (SSSR count). The lowest BCUT2D eigenvalue weighted by Crippen LogP contribution is -2.23. The highest BCUT2D eigenvalue weighted by Gasteiger charge is 2.23. The van der Waals surface area contributed by atoms with Gasteiger partial charge in [0.25, 0.3) is 5.56 Å². The first-order valence-electron chi connectivity index (χ1n) is 9.75. The number of nitrogens with one attached hydrogen (secondary N) is 2. The van der Waals surface area contributed by atoms with Crippen molar-refractivity contribution in [3.63, 3.8) is 0 Å². The van der Waals surface area contributed by atoms with E-state index in [9.17, 15) is 4.79 Å². The minimum atomic E-state index is -0.0689. The van der Waals surface area contributed by atoms with E-state index in [1.807, 2.05) is 25.1 Å². The summed E-state index contributed by atoms with van der Waals surface area (Å²) in [6.07, 6.45) is 3.19. The van der Waals surface area contributed by atoms with E-state index >= 15 is 0 Å². The van der Waals surface area contributed by atoms with E-state index in [4.69, 9.17) is 14.5 Å². The lowest BCUT2D eigenvalue weighted by atomic mass is 9.89. The summed E-state index contributed by atoms with van der Waals surface area (Å²) >= 11 is 1.69. The van der Waals surface area contributed by atoms with Crippen LogP contribution in [0.5, 0.6) is 11.5 Å². The van der Waals surface area contributed by atoms with Gasteiger partial charge in [0.2, 0.25) is 6.79 Å². The van der Waals surface area contributed by atoms with Crippen LogP contribution in [0.4, 0.5) is 0 Å². The molecule has 146 valence electrons. The molecule has 0 amide bonds. The van der Waals surface area contributed by atoms with Crippen molar-refractivity contribution in [2.24, 2.45) is 5.92 Å². The summed E-state index contributed by atoms with van der Waals surface area (Å²) in [7, 11) is 0. The Morgan fingerprint density at radius 1 is 1.36 bits per heavy atom. The number of aromatic amines is 1. The number of benzene rings is 1. The summed E-state index contributed by atoms with van der Waals surface area (Å²) in [6.45, 7) is 5.22. The molecule has 7 heteroatoms. The number of H-pyrrole nitrogens is 1. The van der Waals surface area contributed by atoms with E-state index in [-0.39, 0.29) is 18.4 Å². The number of ether oxygens (including phenoxy) is 2. The van der Waals surface area contributed by atoms with E-state index in [0.29, 0.717) is 18.3 Å². The van der Waals surface area contributed by atoms with Gasteiger partial charge >= 0.3 is 0 Å². The highest BCUT2D eigenvalue weighted by atomic mass is 32.1. The molecule has 3 aromatic rings. The standard InChI is InChI=1S/C21H23N3O3S/c1-11-3-5-14-17(7-11)28-21-18(14)20(25)23-19(24-21)12(2)22-9-13-4-6-15-16(8-13)27-10-26-15/h4,6,8,11-12,22H,3,5,7,9-10H2,1-2H3,(H,23,24,25)/t11-,12-/m1/s1. The normalized spacial score (nSPS) is 19.0. The number of nitrogens with zero attached hydrogens (tertiary/aromatic N) is 1. The Hall–Kier alpha value is -2.38. The quantitative estimate of drug-likeness (QED) is 0.702. The highest BCUT2D eigenvalue weighted by Crippen LogP contribution is 2.36. The molecule has 0 bridgehead atoms. The zero-order chi connectivity index (χ0) is 19.3. The fourth-order valence-electron chi connectivity index (χ4n) is 3.99. The van der Waals surface area contributed by atoms with Crippen molar-refractivity contribution in [3.8, 4) is 11.5 Å². The topological polar surface area (TPSA) is 76.2 Å². The molecule has 0 saturated carbocycles. The average molecular weight is 398 g/mol. The molecular formula is C21H23N3O3S. The second-order valence-corrected chi connectivity index (χ2v) is 8.86. The Labute approximate surface area is 166 Å². The van der Waals surface area contributed by atoms with E-state index in [1.54, 1.807) is 11.3 Å². The summed E-state index contributed by atoms with van der Waals surface area (Å²) in [5.41, 5.74) is 2.31. The van der Waals surface area contributed by atoms with E-state index in [1.165, 1.54) is 10.4 Å². The fraction of sp³-hybridized carbons (Fsp3) is 0.429. The molecule has 1 aliphatic carbocycles. The first-order valence-corrected chi connectivity index (χ1v) is 10.6. The van der Waals surface area contributed by atoms with Crippen LogP contribution < -0.4 is 20.3 Å². The summed E-state index contributed by atoms with van der Waals surface area (Å²) in [5, 5.41) is 4.25. The van der Waals surface area contributed by atoms with Gasteiger partial charge < -0.3 is 19.8 Å². The molecule has 2 aliphatic rings. The highest BCUT2D eigenvalue weighted by molar-refractivity contribution is 7.18. The van der Waals surface area contributed by atoms with E-state index in [2.05, 4.69) is 17.2 Å². The zero-order valence-electron chi connectivity index (χ0n) is 16.0. The molecule has 0 unspecified atom stereocenters. The number of hydrogen-bond acceptors (Lipinski definition) is 6.